The standard InChI is InChI=1S/C63H59F9N14O6/c1-36(40-16-18-51-73-77-55(85(51)31-40)57(88)80-24-20-38(21-25-80)43-10-4-7-13-47(43)61(64,65)66)79(3)33-42-30-39(44-11-5-8-14-48(44)62(67,68)69)22-27-83(42)59(90)56-78-74-52-19-17-41(32-86(52)56)60(91)92-50-34-82(26-23-46(50)45-12-6-9-15-49(45)63(70,71)72)58(89)54-76-75-53-35-81(37(2)87)28-29-84(53)54/h4-19,31-32,38-39,42,46,50H,1,20-30,33-35H2,2-3H3. The quantitative estimate of drug-likeness (QED) is 0.0827. The average Bonchev–Trinajstić information content (AvgIpc) is 1.36. The summed E-state index contributed by atoms with van der Waals surface area (Å²) >= 11 is 0. The fourth-order valence-corrected chi connectivity index (χ4v) is 13.3. The number of aromatic nitrogens is 9. The average molecular weight is 1280 g/mol. The van der Waals surface area contributed by atoms with E-state index in [4.69, 9.17) is 4.74 Å². The minimum Gasteiger partial charge on any atom is -0.456 e. The molecule has 4 aliphatic heterocycles. The zero-order chi connectivity index (χ0) is 65.1. The Bertz CT molecular complexity index is 4190. The number of rotatable bonds is 12. The molecule has 0 spiro atoms. The number of carbonyl (C=O) groups excluding carboxylic acids is 5. The third-order valence-corrected chi connectivity index (χ3v) is 18.0. The van der Waals surface area contributed by atoms with Gasteiger partial charge in [0.05, 0.1) is 41.4 Å². The summed E-state index contributed by atoms with van der Waals surface area (Å²) < 4.78 is 140. The number of likely N-dealkylation sites (N-methyl/N-ethyl adjacent to an activating group) is 1. The van der Waals surface area contributed by atoms with Gasteiger partial charge in [-0.1, -0.05) is 61.2 Å². The number of hydrogen-bond donors (Lipinski definition) is 0. The van der Waals surface area contributed by atoms with Gasteiger partial charge in [-0.25, -0.2) is 4.79 Å². The lowest BCUT2D eigenvalue weighted by Crippen LogP contribution is -2.50. The number of halogens is 9. The zero-order valence-electron chi connectivity index (χ0n) is 49.5. The van der Waals surface area contributed by atoms with Gasteiger partial charge in [0.15, 0.2) is 17.1 Å². The van der Waals surface area contributed by atoms with Crippen LogP contribution in [0.25, 0.3) is 17.0 Å². The van der Waals surface area contributed by atoms with E-state index in [-0.39, 0.29) is 142 Å². The van der Waals surface area contributed by atoms with Gasteiger partial charge < -0.3 is 33.8 Å². The van der Waals surface area contributed by atoms with Gasteiger partial charge in [-0.05, 0) is 103 Å². The van der Waals surface area contributed by atoms with Crippen LogP contribution in [0.4, 0.5) is 39.5 Å². The normalized spacial score (nSPS) is 19.3. The second-order valence-corrected chi connectivity index (χ2v) is 23.5. The summed E-state index contributed by atoms with van der Waals surface area (Å²) in [6.45, 7) is 6.12. The molecule has 92 heavy (non-hydrogen) atoms. The van der Waals surface area contributed by atoms with Crippen LogP contribution >= 0.6 is 0 Å². The summed E-state index contributed by atoms with van der Waals surface area (Å²) in [4.78, 5) is 77.6. The topological polar surface area (TPSA) is 202 Å². The fraction of sp³-hybridized carbons (Fsp3) is 0.381. The van der Waals surface area contributed by atoms with E-state index in [0.717, 1.165) is 18.2 Å². The largest absolute Gasteiger partial charge is 0.456 e. The van der Waals surface area contributed by atoms with Crippen molar-refractivity contribution in [2.75, 3.05) is 52.9 Å². The molecule has 20 nitrogen and oxygen atoms in total. The van der Waals surface area contributed by atoms with E-state index < -0.39 is 88.8 Å². The van der Waals surface area contributed by atoms with Crippen molar-refractivity contribution in [1.82, 2.24) is 68.5 Å². The Morgan fingerprint density at radius 2 is 1.07 bits per heavy atom. The van der Waals surface area contributed by atoms with Crippen molar-refractivity contribution in [2.45, 2.75) is 101 Å². The lowest BCUT2D eigenvalue weighted by molar-refractivity contribution is -0.139. The number of fused-ring (bicyclic) bond motifs is 3. The molecular formula is C63H59F9N14O6. The van der Waals surface area contributed by atoms with Gasteiger partial charge in [-0.3, -0.25) is 28.0 Å². The van der Waals surface area contributed by atoms with Crippen LogP contribution < -0.4 is 0 Å². The first-order valence-electron chi connectivity index (χ1n) is 29.7. The van der Waals surface area contributed by atoms with E-state index in [1.807, 2.05) is 0 Å². The molecule has 4 aliphatic rings. The van der Waals surface area contributed by atoms with E-state index in [2.05, 4.69) is 37.2 Å². The lowest BCUT2D eigenvalue weighted by Gasteiger charge is -2.42. The number of pyridine rings is 2. The van der Waals surface area contributed by atoms with Crippen molar-refractivity contribution < 1.29 is 68.2 Å². The molecule has 3 saturated heterocycles. The van der Waals surface area contributed by atoms with E-state index in [0.29, 0.717) is 22.7 Å². The van der Waals surface area contributed by atoms with Gasteiger partial charge in [-0.15, -0.1) is 30.6 Å². The Labute approximate surface area is 518 Å². The molecule has 4 atom stereocenters. The summed E-state index contributed by atoms with van der Waals surface area (Å²) in [5, 5.41) is 25.0. The fourth-order valence-electron chi connectivity index (χ4n) is 13.3. The van der Waals surface area contributed by atoms with Crippen molar-refractivity contribution >= 4 is 46.6 Å². The molecule has 480 valence electrons. The summed E-state index contributed by atoms with van der Waals surface area (Å²) in [7, 11) is 1.67. The summed E-state index contributed by atoms with van der Waals surface area (Å²) in [6.07, 6.45) is -12.0. The van der Waals surface area contributed by atoms with Crippen LogP contribution in [0.1, 0.15) is 144 Å². The predicted molar refractivity (Wildman–Crippen MR) is 310 cm³/mol. The number of benzene rings is 3. The van der Waals surface area contributed by atoms with Gasteiger partial charge in [0.1, 0.15) is 6.10 Å². The van der Waals surface area contributed by atoms with E-state index in [9.17, 15) is 58.7 Å². The molecule has 0 aliphatic carbocycles. The van der Waals surface area contributed by atoms with Crippen molar-refractivity contribution in [3.05, 3.63) is 184 Å². The Hall–Kier alpha value is -9.70. The SMILES string of the molecule is C=C(c1ccc2nnc(C(=O)N3CCC(c4ccccc4C(F)(F)F)CC3)n2c1)N(C)CC1CC(c2ccccc2C(F)(F)F)CCN1C(=O)c1nnc2ccc(C(=O)OC3CN(C(=O)c4nnc5n4CCN(C(C)=O)C5)CCC3c3ccccc3C(F)(F)F)cn12. The Kier molecular flexibility index (Phi) is 16.6. The Morgan fingerprint density at radius 1 is 0.554 bits per heavy atom. The number of esters is 1. The number of piperidine rings is 3. The molecule has 8 aromatic rings. The Balaban J connectivity index is 0.797. The van der Waals surface area contributed by atoms with Gasteiger partial charge >= 0.3 is 24.5 Å². The smallest absolute Gasteiger partial charge is 0.416 e. The molecule has 5 aromatic heterocycles. The van der Waals surface area contributed by atoms with Crippen LogP contribution in [0.2, 0.25) is 0 Å². The number of hydrogen-bond acceptors (Lipinski definition) is 13. The van der Waals surface area contributed by atoms with Crippen LogP contribution in [-0.2, 0) is 41.1 Å². The number of carbonyl (C=O) groups is 5. The third kappa shape index (κ3) is 12.2. The molecular weight excluding hydrogens is 1220 g/mol. The highest BCUT2D eigenvalue weighted by Crippen LogP contribution is 2.44. The van der Waals surface area contributed by atoms with Crippen molar-refractivity contribution in [2.24, 2.45) is 0 Å². The highest BCUT2D eigenvalue weighted by atomic mass is 19.4. The molecule has 0 N–H and O–H groups in total. The van der Waals surface area contributed by atoms with Crippen molar-refractivity contribution in [3.8, 4) is 0 Å². The van der Waals surface area contributed by atoms with Gasteiger partial charge in [0, 0.05) is 89.4 Å². The van der Waals surface area contributed by atoms with E-state index in [1.165, 1.54) is 102 Å². The van der Waals surface area contributed by atoms with Crippen molar-refractivity contribution in [3.63, 3.8) is 0 Å². The molecule has 4 unspecified atom stereocenters. The van der Waals surface area contributed by atoms with Gasteiger partial charge in [0.25, 0.3) is 17.7 Å². The maximum atomic E-state index is 15.1. The monoisotopic (exact) mass is 1280 g/mol. The third-order valence-electron chi connectivity index (χ3n) is 18.0. The molecule has 9 heterocycles. The Morgan fingerprint density at radius 3 is 1.67 bits per heavy atom. The minimum absolute atomic E-state index is 0.0143. The molecule has 3 aromatic carbocycles. The molecule has 12 rings (SSSR count). The molecule has 3 fully saturated rings. The van der Waals surface area contributed by atoms with E-state index in [1.54, 1.807) is 40.9 Å². The van der Waals surface area contributed by atoms with Gasteiger partial charge in [0.2, 0.25) is 23.4 Å². The zero-order valence-corrected chi connectivity index (χ0v) is 49.5. The predicted octanol–water partition coefficient (Wildman–Crippen LogP) is 9.65. The van der Waals surface area contributed by atoms with Crippen LogP contribution in [0.15, 0.2) is 116 Å². The highest BCUT2D eigenvalue weighted by molar-refractivity contribution is 5.94. The number of likely N-dealkylation sites (tertiary alicyclic amines) is 3. The number of alkyl halides is 9. The molecule has 4 amide bonds. The van der Waals surface area contributed by atoms with Crippen molar-refractivity contribution in [1.29, 1.82) is 0 Å². The number of amides is 4. The summed E-state index contributed by atoms with van der Waals surface area (Å²) in [5.74, 6) is -5.33. The van der Waals surface area contributed by atoms with E-state index >= 15 is 4.79 Å². The first kappa shape index (κ1) is 62.5. The van der Waals surface area contributed by atoms with Crippen LogP contribution in [-0.4, -0.2) is 163 Å². The highest BCUT2D eigenvalue weighted by Gasteiger charge is 2.44. The maximum absolute atomic E-state index is 15.1. The molecule has 0 saturated carbocycles. The van der Waals surface area contributed by atoms with Crippen LogP contribution in [0.5, 0.6) is 0 Å². The molecule has 29 heteroatoms. The van der Waals surface area contributed by atoms with Crippen LogP contribution in [0, 0.1) is 0 Å². The first-order valence-corrected chi connectivity index (χ1v) is 29.7. The van der Waals surface area contributed by atoms with Gasteiger partial charge in [-0.2, -0.15) is 39.5 Å². The second-order valence-electron chi connectivity index (χ2n) is 23.5. The minimum atomic E-state index is -4.80. The molecule has 0 bridgehead atoms. The number of nitrogens with zero attached hydrogens (tertiary/aromatic N) is 14. The molecule has 0 radical (unpaired) electrons. The second kappa shape index (κ2) is 24.5. The summed E-state index contributed by atoms with van der Waals surface area (Å²) in [6, 6.07) is 20.7. The van der Waals surface area contributed by atoms with Crippen LogP contribution in [0.3, 0.4) is 0 Å². The maximum Gasteiger partial charge on any atom is 0.416 e. The number of ether oxygens (including phenoxy) is 1. The summed E-state index contributed by atoms with van der Waals surface area (Å²) in [5.41, 5.74) is -1.41. The lowest BCUT2D eigenvalue weighted by atomic mass is 9.82. The first-order chi connectivity index (χ1) is 43.8.